The molecular weight excluding hydrogens is 254 g/mol. The number of carbonyl (C=O) groups is 1. The first-order valence-electron chi connectivity index (χ1n) is 7.08. The van der Waals surface area contributed by atoms with Gasteiger partial charge in [0.1, 0.15) is 12.4 Å². The average molecular weight is 279 g/mol. The first-order chi connectivity index (χ1) is 9.42. The van der Waals surface area contributed by atoms with Crippen LogP contribution in [0.3, 0.4) is 0 Å². The molecule has 0 aliphatic carbocycles. The third-order valence-electron chi connectivity index (χ3n) is 3.27. The van der Waals surface area contributed by atoms with Crippen molar-refractivity contribution < 1.29 is 14.6 Å². The van der Waals surface area contributed by atoms with E-state index in [1.807, 2.05) is 32.9 Å². The summed E-state index contributed by atoms with van der Waals surface area (Å²) in [6.07, 6.45) is 0. The first kappa shape index (κ1) is 16.5. The number of rotatable bonds is 8. The van der Waals surface area contributed by atoms with E-state index in [4.69, 9.17) is 9.84 Å². The summed E-state index contributed by atoms with van der Waals surface area (Å²) in [4.78, 5) is 13.0. The second kappa shape index (κ2) is 7.90. The van der Waals surface area contributed by atoms with Crippen molar-refractivity contribution in [3.05, 3.63) is 29.3 Å². The predicted octanol–water partition coefficient (Wildman–Crippen LogP) is 2.72. The molecule has 0 heterocycles. The van der Waals surface area contributed by atoms with Crippen LogP contribution in [0.5, 0.6) is 5.75 Å². The summed E-state index contributed by atoms with van der Waals surface area (Å²) in [5.41, 5.74) is 2.37. The SMILES string of the molecule is CCN(CCOc1cc(C)cc(C)c1)CC(C)C(=O)O. The predicted molar refractivity (Wildman–Crippen MR) is 80.3 cm³/mol. The number of hydrogen-bond acceptors (Lipinski definition) is 3. The van der Waals surface area contributed by atoms with Gasteiger partial charge in [0.25, 0.3) is 0 Å². The second-order valence-electron chi connectivity index (χ2n) is 5.30. The van der Waals surface area contributed by atoms with Crippen molar-refractivity contribution >= 4 is 5.97 Å². The summed E-state index contributed by atoms with van der Waals surface area (Å²) in [5.74, 6) is -0.223. The molecule has 1 atom stereocenters. The van der Waals surface area contributed by atoms with E-state index in [9.17, 15) is 4.79 Å². The zero-order valence-electron chi connectivity index (χ0n) is 12.8. The third-order valence-corrected chi connectivity index (χ3v) is 3.27. The zero-order chi connectivity index (χ0) is 15.1. The van der Waals surface area contributed by atoms with Gasteiger partial charge in [0.05, 0.1) is 5.92 Å². The van der Waals surface area contributed by atoms with Crippen molar-refractivity contribution in [3.8, 4) is 5.75 Å². The van der Waals surface area contributed by atoms with Crippen LogP contribution < -0.4 is 4.74 Å². The number of nitrogens with zero attached hydrogens (tertiary/aromatic N) is 1. The van der Waals surface area contributed by atoms with Crippen molar-refractivity contribution in [3.63, 3.8) is 0 Å². The van der Waals surface area contributed by atoms with Crippen molar-refractivity contribution in [1.29, 1.82) is 0 Å². The molecule has 0 aliphatic heterocycles. The molecule has 0 radical (unpaired) electrons. The van der Waals surface area contributed by atoms with Gasteiger partial charge in [-0.3, -0.25) is 9.69 Å². The van der Waals surface area contributed by atoms with Crippen LogP contribution >= 0.6 is 0 Å². The Bertz CT molecular complexity index is 425. The summed E-state index contributed by atoms with van der Waals surface area (Å²) in [6.45, 7) is 10.6. The van der Waals surface area contributed by atoms with Gasteiger partial charge >= 0.3 is 5.97 Å². The number of carboxylic acid groups (broad SMARTS) is 1. The lowest BCUT2D eigenvalue weighted by atomic mass is 10.1. The maximum Gasteiger partial charge on any atom is 0.307 e. The van der Waals surface area contributed by atoms with Crippen LogP contribution in [0.2, 0.25) is 0 Å². The van der Waals surface area contributed by atoms with Gasteiger partial charge in [0.2, 0.25) is 0 Å². The number of ether oxygens (including phenoxy) is 1. The molecule has 112 valence electrons. The van der Waals surface area contributed by atoms with Gasteiger partial charge in [0.15, 0.2) is 0 Å². The Hall–Kier alpha value is -1.55. The molecule has 0 aliphatic rings. The van der Waals surface area contributed by atoms with Crippen LogP contribution in [-0.2, 0) is 4.79 Å². The molecule has 0 amide bonds. The lowest BCUT2D eigenvalue weighted by molar-refractivity contribution is -0.141. The molecule has 1 rings (SSSR count). The standard InChI is InChI=1S/C16H25NO3/c1-5-17(11-14(4)16(18)19)6-7-20-15-9-12(2)8-13(3)10-15/h8-10,14H,5-7,11H2,1-4H3,(H,18,19). The van der Waals surface area contributed by atoms with Gasteiger partial charge < -0.3 is 9.84 Å². The van der Waals surface area contributed by atoms with Crippen molar-refractivity contribution in [2.24, 2.45) is 5.92 Å². The van der Waals surface area contributed by atoms with Gasteiger partial charge in [-0.25, -0.2) is 0 Å². The van der Waals surface area contributed by atoms with Crippen molar-refractivity contribution in [1.82, 2.24) is 4.90 Å². The summed E-state index contributed by atoms with van der Waals surface area (Å²) < 4.78 is 5.75. The average Bonchev–Trinajstić information content (AvgIpc) is 2.36. The molecule has 0 bridgehead atoms. The van der Waals surface area contributed by atoms with Crippen molar-refractivity contribution in [2.45, 2.75) is 27.7 Å². The molecule has 0 aromatic heterocycles. The number of hydrogen-bond donors (Lipinski definition) is 1. The third kappa shape index (κ3) is 5.61. The molecule has 4 heteroatoms. The van der Waals surface area contributed by atoms with E-state index >= 15 is 0 Å². The molecule has 1 aromatic carbocycles. The van der Waals surface area contributed by atoms with E-state index in [1.165, 1.54) is 11.1 Å². The Morgan fingerprint density at radius 3 is 2.40 bits per heavy atom. The molecule has 1 N–H and O–H groups in total. The summed E-state index contributed by atoms with van der Waals surface area (Å²) in [6, 6.07) is 6.14. The fourth-order valence-electron chi connectivity index (χ4n) is 2.15. The summed E-state index contributed by atoms with van der Waals surface area (Å²) >= 11 is 0. The van der Waals surface area contributed by atoms with E-state index < -0.39 is 5.97 Å². The minimum atomic E-state index is -0.751. The molecule has 4 nitrogen and oxygen atoms in total. The smallest absolute Gasteiger partial charge is 0.307 e. The Balaban J connectivity index is 2.43. The van der Waals surface area contributed by atoms with Gasteiger partial charge in [-0.05, 0) is 43.7 Å². The molecule has 1 aromatic rings. The molecule has 1 unspecified atom stereocenters. The lowest BCUT2D eigenvalue weighted by Crippen LogP contribution is -2.34. The van der Waals surface area contributed by atoms with Gasteiger partial charge in [0, 0.05) is 13.1 Å². The highest BCUT2D eigenvalue weighted by molar-refractivity contribution is 5.69. The molecule has 0 fully saturated rings. The highest BCUT2D eigenvalue weighted by Gasteiger charge is 2.14. The minimum absolute atomic E-state index is 0.351. The first-order valence-corrected chi connectivity index (χ1v) is 7.08. The van der Waals surface area contributed by atoms with Gasteiger partial charge in [-0.1, -0.05) is 19.9 Å². The fourth-order valence-corrected chi connectivity index (χ4v) is 2.15. The molecule has 0 saturated carbocycles. The maximum absolute atomic E-state index is 10.9. The van der Waals surface area contributed by atoms with Crippen molar-refractivity contribution in [2.75, 3.05) is 26.2 Å². The second-order valence-corrected chi connectivity index (χ2v) is 5.30. The van der Waals surface area contributed by atoms with Crippen LogP contribution in [0.25, 0.3) is 0 Å². The summed E-state index contributed by atoms with van der Waals surface area (Å²) in [5, 5.41) is 8.93. The molecule has 0 saturated heterocycles. The largest absolute Gasteiger partial charge is 0.492 e. The van der Waals surface area contributed by atoms with Crippen LogP contribution in [0.4, 0.5) is 0 Å². The Kier molecular flexibility index (Phi) is 6.52. The fraction of sp³-hybridized carbons (Fsp3) is 0.562. The number of carboxylic acids is 1. The molecule has 20 heavy (non-hydrogen) atoms. The van der Waals surface area contributed by atoms with Crippen LogP contribution in [0, 0.1) is 19.8 Å². The van der Waals surface area contributed by atoms with E-state index in [1.54, 1.807) is 6.92 Å². The molecular formula is C16H25NO3. The minimum Gasteiger partial charge on any atom is -0.492 e. The summed E-state index contributed by atoms with van der Waals surface area (Å²) in [7, 11) is 0. The number of aryl methyl sites for hydroxylation is 2. The monoisotopic (exact) mass is 279 g/mol. The Labute approximate surface area is 121 Å². The highest BCUT2D eigenvalue weighted by Crippen LogP contribution is 2.16. The Morgan fingerprint density at radius 1 is 1.30 bits per heavy atom. The lowest BCUT2D eigenvalue weighted by Gasteiger charge is -2.22. The number of aliphatic carboxylic acids is 1. The normalized spacial score (nSPS) is 12.4. The quantitative estimate of drug-likeness (QED) is 0.795. The van der Waals surface area contributed by atoms with Crippen LogP contribution in [0.1, 0.15) is 25.0 Å². The number of likely N-dealkylation sites (N-methyl/N-ethyl adjacent to an activating group) is 1. The van der Waals surface area contributed by atoms with E-state index in [0.717, 1.165) is 18.8 Å². The topological polar surface area (TPSA) is 49.8 Å². The van der Waals surface area contributed by atoms with E-state index in [-0.39, 0.29) is 5.92 Å². The van der Waals surface area contributed by atoms with Gasteiger partial charge in [-0.15, -0.1) is 0 Å². The van der Waals surface area contributed by atoms with E-state index in [0.29, 0.717) is 13.2 Å². The zero-order valence-corrected chi connectivity index (χ0v) is 12.8. The van der Waals surface area contributed by atoms with E-state index in [2.05, 4.69) is 11.0 Å². The van der Waals surface area contributed by atoms with Gasteiger partial charge in [-0.2, -0.15) is 0 Å². The number of benzene rings is 1. The maximum atomic E-state index is 10.9. The van der Waals surface area contributed by atoms with Crippen LogP contribution in [-0.4, -0.2) is 42.2 Å². The molecule has 0 spiro atoms. The van der Waals surface area contributed by atoms with Crippen LogP contribution in [0.15, 0.2) is 18.2 Å². The highest BCUT2D eigenvalue weighted by atomic mass is 16.5. The Morgan fingerprint density at radius 2 is 1.90 bits per heavy atom.